The Balaban J connectivity index is 2.36. The van der Waals surface area contributed by atoms with Crippen molar-refractivity contribution in [2.24, 2.45) is 0 Å². The van der Waals surface area contributed by atoms with Crippen LogP contribution >= 0.6 is 0 Å². The van der Waals surface area contributed by atoms with E-state index >= 15 is 0 Å². The Kier molecular flexibility index (Phi) is 3.90. The van der Waals surface area contributed by atoms with Crippen molar-refractivity contribution in [3.63, 3.8) is 0 Å². The van der Waals surface area contributed by atoms with Crippen LogP contribution in [-0.2, 0) is 17.6 Å². The van der Waals surface area contributed by atoms with Gasteiger partial charge >= 0.3 is 0 Å². The van der Waals surface area contributed by atoms with Gasteiger partial charge in [0, 0.05) is 30.0 Å². The van der Waals surface area contributed by atoms with Crippen molar-refractivity contribution in [1.29, 1.82) is 0 Å². The van der Waals surface area contributed by atoms with Crippen LogP contribution in [0.2, 0.25) is 0 Å². The molecular weight excluding hydrogens is 242 g/mol. The van der Waals surface area contributed by atoms with Gasteiger partial charge in [-0.2, -0.15) is 0 Å². The molecule has 0 saturated carbocycles. The normalized spacial score (nSPS) is 10.6. The Morgan fingerprint density at radius 2 is 2.32 bits per heavy atom. The first-order chi connectivity index (χ1) is 9.13. The first-order valence-electron chi connectivity index (χ1n) is 6.19. The maximum Gasteiger partial charge on any atom is 0.216 e. The molecule has 0 saturated heterocycles. The van der Waals surface area contributed by atoms with Gasteiger partial charge in [-0.05, 0) is 25.0 Å². The number of nitrogens with one attached hydrogen (secondary N) is 1. The summed E-state index contributed by atoms with van der Waals surface area (Å²) in [5.41, 5.74) is 2.54. The summed E-state index contributed by atoms with van der Waals surface area (Å²) in [6.45, 7) is 5.74. The molecule has 2 aromatic rings. The molecule has 0 atom stereocenters. The van der Waals surface area contributed by atoms with E-state index in [9.17, 15) is 9.90 Å². The Morgan fingerprint density at radius 3 is 3.00 bits per heavy atom. The SMILES string of the molecule is C=CCc1c(O)ccc2occ(CCNC(C)=O)c12. The monoisotopic (exact) mass is 259 g/mol. The molecule has 1 heterocycles. The third-order valence-electron chi connectivity index (χ3n) is 3.02. The number of hydrogen-bond donors (Lipinski definition) is 2. The third-order valence-corrected chi connectivity index (χ3v) is 3.02. The summed E-state index contributed by atoms with van der Waals surface area (Å²) in [5.74, 6) is 0.191. The highest BCUT2D eigenvalue weighted by atomic mass is 16.3. The van der Waals surface area contributed by atoms with Crippen LogP contribution in [0, 0.1) is 0 Å². The number of rotatable bonds is 5. The van der Waals surface area contributed by atoms with Crippen molar-refractivity contribution < 1.29 is 14.3 Å². The molecule has 4 nitrogen and oxygen atoms in total. The number of aromatic hydroxyl groups is 1. The molecule has 0 aliphatic heterocycles. The Labute approximate surface area is 111 Å². The molecule has 2 rings (SSSR count). The lowest BCUT2D eigenvalue weighted by Crippen LogP contribution is -2.22. The van der Waals surface area contributed by atoms with Gasteiger partial charge in [-0.25, -0.2) is 0 Å². The van der Waals surface area contributed by atoms with Gasteiger partial charge in [0.05, 0.1) is 6.26 Å². The average Bonchev–Trinajstić information content (AvgIpc) is 2.76. The second kappa shape index (κ2) is 5.61. The quantitative estimate of drug-likeness (QED) is 0.811. The summed E-state index contributed by atoms with van der Waals surface area (Å²) in [7, 11) is 0. The van der Waals surface area contributed by atoms with E-state index in [1.54, 1.807) is 24.5 Å². The summed E-state index contributed by atoms with van der Waals surface area (Å²) in [4.78, 5) is 10.9. The fourth-order valence-electron chi connectivity index (χ4n) is 2.17. The average molecular weight is 259 g/mol. The fraction of sp³-hybridized carbons (Fsp3) is 0.267. The molecule has 0 bridgehead atoms. The summed E-state index contributed by atoms with van der Waals surface area (Å²) in [6, 6.07) is 3.38. The molecule has 1 aromatic heterocycles. The number of allylic oxidation sites excluding steroid dienone is 1. The number of amides is 1. The van der Waals surface area contributed by atoms with E-state index in [4.69, 9.17) is 4.42 Å². The maximum atomic E-state index is 10.9. The smallest absolute Gasteiger partial charge is 0.216 e. The third kappa shape index (κ3) is 2.78. The number of furan rings is 1. The molecule has 4 heteroatoms. The van der Waals surface area contributed by atoms with Crippen LogP contribution in [0.1, 0.15) is 18.1 Å². The van der Waals surface area contributed by atoms with Crippen molar-refractivity contribution in [3.8, 4) is 5.75 Å². The molecule has 1 aromatic carbocycles. The molecule has 0 aliphatic rings. The highest BCUT2D eigenvalue weighted by molar-refractivity contribution is 5.87. The number of carbonyl (C=O) groups excluding carboxylic acids is 1. The molecule has 19 heavy (non-hydrogen) atoms. The zero-order valence-electron chi connectivity index (χ0n) is 10.9. The Hall–Kier alpha value is -2.23. The Morgan fingerprint density at radius 1 is 1.53 bits per heavy atom. The highest BCUT2D eigenvalue weighted by Crippen LogP contribution is 2.32. The van der Waals surface area contributed by atoms with Crippen LogP contribution in [0.3, 0.4) is 0 Å². The predicted octanol–water partition coefficient (Wildman–Crippen LogP) is 2.55. The summed E-state index contributed by atoms with van der Waals surface area (Å²) >= 11 is 0. The molecule has 0 radical (unpaired) electrons. The van der Waals surface area contributed by atoms with Crippen molar-refractivity contribution in [2.45, 2.75) is 19.8 Å². The minimum Gasteiger partial charge on any atom is -0.508 e. The number of phenolic OH excluding ortho intramolecular Hbond substituents is 1. The second-order valence-corrected chi connectivity index (χ2v) is 4.42. The van der Waals surface area contributed by atoms with Crippen molar-refractivity contribution in [3.05, 3.63) is 42.2 Å². The maximum absolute atomic E-state index is 10.9. The Bertz CT molecular complexity index is 613. The van der Waals surface area contributed by atoms with Crippen LogP contribution < -0.4 is 5.32 Å². The van der Waals surface area contributed by atoms with Gasteiger partial charge in [0.15, 0.2) is 0 Å². The number of fused-ring (bicyclic) bond motifs is 1. The summed E-state index contributed by atoms with van der Waals surface area (Å²) in [6.07, 6.45) is 4.67. The van der Waals surface area contributed by atoms with Crippen LogP contribution in [-0.4, -0.2) is 17.6 Å². The summed E-state index contributed by atoms with van der Waals surface area (Å²) < 4.78 is 5.49. The lowest BCUT2D eigenvalue weighted by molar-refractivity contribution is -0.118. The van der Waals surface area contributed by atoms with Crippen molar-refractivity contribution in [1.82, 2.24) is 5.32 Å². The molecule has 0 fully saturated rings. The van der Waals surface area contributed by atoms with Crippen molar-refractivity contribution >= 4 is 16.9 Å². The molecule has 100 valence electrons. The van der Waals surface area contributed by atoms with Crippen molar-refractivity contribution in [2.75, 3.05) is 6.54 Å². The minimum atomic E-state index is -0.0537. The number of hydrogen-bond acceptors (Lipinski definition) is 3. The van der Waals surface area contributed by atoms with E-state index in [1.807, 2.05) is 0 Å². The van der Waals surface area contributed by atoms with E-state index in [1.165, 1.54) is 6.92 Å². The number of phenols is 1. The lowest BCUT2D eigenvalue weighted by Gasteiger charge is -2.06. The van der Waals surface area contributed by atoms with Gasteiger partial charge in [-0.3, -0.25) is 4.79 Å². The molecule has 0 spiro atoms. The summed E-state index contributed by atoms with van der Waals surface area (Å²) in [5, 5.41) is 13.6. The zero-order valence-corrected chi connectivity index (χ0v) is 10.9. The van der Waals surface area contributed by atoms with E-state index in [2.05, 4.69) is 11.9 Å². The largest absolute Gasteiger partial charge is 0.508 e. The zero-order chi connectivity index (χ0) is 13.8. The topological polar surface area (TPSA) is 62.5 Å². The van der Waals surface area contributed by atoms with E-state index in [0.29, 0.717) is 19.4 Å². The van der Waals surface area contributed by atoms with Gasteiger partial charge < -0.3 is 14.8 Å². The molecule has 0 unspecified atom stereocenters. The second-order valence-electron chi connectivity index (χ2n) is 4.42. The minimum absolute atomic E-state index is 0.0537. The van der Waals surface area contributed by atoms with Crippen LogP contribution in [0.15, 0.2) is 35.5 Å². The van der Waals surface area contributed by atoms with Crippen LogP contribution in [0.4, 0.5) is 0 Å². The van der Waals surface area contributed by atoms with Gasteiger partial charge in [0.25, 0.3) is 0 Å². The number of carbonyl (C=O) groups is 1. The standard InChI is InChI=1S/C15H17NO3/c1-3-4-12-13(18)5-6-14-15(12)11(9-19-14)7-8-16-10(2)17/h3,5-6,9,18H,1,4,7-8H2,2H3,(H,16,17). The molecular formula is C15H17NO3. The fourth-order valence-corrected chi connectivity index (χ4v) is 2.17. The van der Waals surface area contributed by atoms with E-state index in [0.717, 1.165) is 22.1 Å². The van der Waals surface area contributed by atoms with Crippen LogP contribution in [0.5, 0.6) is 5.75 Å². The lowest BCUT2D eigenvalue weighted by atomic mass is 10.0. The molecule has 1 amide bonds. The first kappa shape index (κ1) is 13.2. The van der Waals surface area contributed by atoms with Crippen LogP contribution in [0.25, 0.3) is 11.0 Å². The first-order valence-corrected chi connectivity index (χ1v) is 6.19. The highest BCUT2D eigenvalue weighted by Gasteiger charge is 2.13. The van der Waals surface area contributed by atoms with Gasteiger partial charge in [-0.1, -0.05) is 6.08 Å². The molecule has 0 aliphatic carbocycles. The van der Waals surface area contributed by atoms with Gasteiger partial charge in [-0.15, -0.1) is 6.58 Å². The van der Waals surface area contributed by atoms with E-state index in [-0.39, 0.29) is 11.7 Å². The van der Waals surface area contributed by atoms with E-state index < -0.39 is 0 Å². The van der Waals surface area contributed by atoms with Gasteiger partial charge in [0.1, 0.15) is 11.3 Å². The molecule has 2 N–H and O–H groups in total. The van der Waals surface area contributed by atoms with Gasteiger partial charge in [0.2, 0.25) is 5.91 Å². The predicted molar refractivity (Wildman–Crippen MR) is 74.2 cm³/mol. The number of benzene rings is 1.